The third kappa shape index (κ3) is 2.61. The molecule has 0 aromatic carbocycles. The summed E-state index contributed by atoms with van der Waals surface area (Å²) < 4.78 is 0. The number of hydrogen-bond donors (Lipinski definition) is 2. The maximum absolute atomic E-state index is 10.9. The molecule has 5 aliphatic rings. The van der Waals surface area contributed by atoms with E-state index in [-0.39, 0.29) is 22.3 Å². The molecule has 0 amide bonds. The maximum Gasteiger partial charge on any atom is 0.0594 e. The topological polar surface area (TPSA) is 40.5 Å². The second kappa shape index (κ2) is 7.09. The molecule has 2 heteroatoms. The van der Waals surface area contributed by atoms with Crippen LogP contribution in [0.3, 0.4) is 0 Å². The zero-order chi connectivity index (χ0) is 23.3. The van der Waals surface area contributed by atoms with Crippen molar-refractivity contribution in [1.29, 1.82) is 0 Å². The van der Waals surface area contributed by atoms with E-state index in [1.165, 1.54) is 44.9 Å². The van der Waals surface area contributed by atoms with Crippen molar-refractivity contribution in [2.45, 2.75) is 112 Å². The minimum Gasteiger partial charge on any atom is -0.396 e. The largest absolute Gasteiger partial charge is 0.396 e. The van der Waals surface area contributed by atoms with Gasteiger partial charge in [0.05, 0.1) is 6.10 Å². The maximum atomic E-state index is 10.9. The Hall–Kier alpha value is -0.340. The van der Waals surface area contributed by atoms with Crippen molar-refractivity contribution in [2.24, 2.45) is 56.7 Å². The van der Waals surface area contributed by atoms with Gasteiger partial charge in [-0.3, -0.25) is 0 Å². The first-order chi connectivity index (χ1) is 14.9. The molecule has 0 aromatic heterocycles. The lowest BCUT2D eigenvalue weighted by Gasteiger charge is -2.69. The van der Waals surface area contributed by atoms with Crippen molar-refractivity contribution in [1.82, 2.24) is 0 Å². The van der Waals surface area contributed by atoms with Crippen molar-refractivity contribution >= 4 is 0 Å². The van der Waals surface area contributed by atoms with E-state index in [0.717, 1.165) is 12.8 Å². The van der Waals surface area contributed by atoms with Crippen LogP contribution in [-0.2, 0) is 0 Å². The first kappa shape index (κ1) is 23.4. The highest BCUT2D eigenvalue weighted by Gasteiger charge is 2.69. The summed E-state index contributed by atoms with van der Waals surface area (Å²) in [6.45, 7) is 17.7. The Balaban J connectivity index is 1.56. The predicted octanol–water partition coefficient (Wildman–Crippen LogP) is 7.00. The van der Waals surface area contributed by atoms with Crippen LogP contribution < -0.4 is 0 Å². The smallest absolute Gasteiger partial charge is 0.0594 e. The standard InChI is InChI=1S/C30H50O2/c1-19(2)20-8-11-24-29(7)15-12-21-22(28(29,6)16-17-30(20,24)18-31)9-10-23-26(3,4)25(32)13-14-27(21,23)5/h12,19-20,22-25,31-32H,8-11,13-18H2,1-7H3/t20-,22+,23+,24+,25-,27+,28-,29+,30+/m0/s1. The Morgan fingerprint density at radius 2 is 1.56 bits per heavy atom. The molecule has 0 aromatic rings. The van der Waals surface area contributed by atoms with Crippen molar-refractivity contribution in [3.63, 3.8) is 0 Å². The Morgan fingerprint density at radius 1 is 0.875 bits per heavy atom. The van der Waals surface area contributed by atoms with Gasteiger partial charge in [-0.2, -0.15) is 0 Å². The summed E-state index contributed by atoms with van der Waals surface area (Å²) in [4.78, 5) is 0. The van der Waals surface area contributed by atoms with Gasteiger partial charge in [0.1, 0.15) is 0 Å². The molecule has 32 heavy (non-hydrogen) atoms. The van der Waals surface area contributed by atoms with Gasteiger partial charge in [0.15, 0.2) is 0 Å². The van der Waals surface area contributed by atoms with E-state index in [4.69, 9.17) is 0 Å². The highest BCUT2D eigenvalue weighted by molar-refractivity contribution is 5.33. The average molecular weight is 443 g/mol. The molecule has 182 valence electrons. The normalized spacial score (nSPS) is 54.3. The Bertz CT molecular complexity index is 797. The van der Waals surface area contributed by atoms with E-state index in [1.807, 2.05) is 0 Å². The molecule has 5 rings (SSSR count). The molecule has 0 aliphatic heterocycles. The molecular formula is C30H50O2. The Labute approximate surface area is 197 Å². The fourth-order valence-electron chi connectivity index (χ4n) is 11.2. The lowest BCUT2D eigenvalue weighted by molar-refractivity contribution is -0.178. The number of aliphatic hydroxyl groups excluding tert-OH is 2. The quantitative estimate of drug-likeness (QED) is 0.452. The average Bonchev–Trinajstić information content (AvgIpc) is 3.14. The highest BCUT2D eigenvalue weighted by Crippen LogP contribution is 2.76. The van der Waals surface area contributed by atoms with Gasteiger partial charge >= 0.3 is 0 Å². The van der Waals surface area contributed by atoms with E-state index in [2.05, 4.69) is 54.5 Å². The number of aliphatic hydroxyl groups is 2. The molecule has 9 atom stereocenters. The molecule has 5 aliphatic carbocycles. The van der Waals surface area contributed by atoms with Crippen LogP contribution in [0.2, 0.25) is 0 Å². The minimum atomic E-state index is -0.159. The fraction of sp³-hybridized carbons (Fsp3) is 0.933. The summed E-state index contributed by atoms with van der Waals surface area (Å²) >= 11 is 0. The van der Waals surface area contributed by atoms with Gasteiger partial charge < -0.3 is 10.2 Å². The van der Waals surface area contributed by atoms with E-state index in [1.54, 1.807) is 5.57 Å². The zero-order valence-corrected chi connectivity index (χ0v) is 22.0. The number of fused-ring (bicyclic) bond motifs is 7. The summed E-state index contributed by atoms with van der Waals surface area (Å²) in [6, 6.07) is 0. The van der Waals surface area contributed by atoms with Crippen LogP contribution in [0, 0.1) is 56.7 Å². The molecule has 0 radical (unpaired) electrons. The molecule has 2 N–H and O–H groups in total. The van der Waals surface area contributed by atoms with Crippen LogP contribution in [0.1, 0.15) is 106 Å². The predicted molar refractivity (Wildman–Crippen MR) is 132 cm³/mol. The van der Waals surface area contributed by atoms with Gasteiger partial charge in [-0.1, -0.05) is 60.1 Å². The van der Waals surface area contributed by atoms with Gasteiger partial charge in [0.2, 0.25) is 0 Å². The molecule has 0 spiro atoms. The minimum absolute atomic E-state index is 0.00894. The molecule has 0 saturated heterocycles. The molecule has 4 fully saturated rings. The van der Waals surface area contributed by atoms with E-state index in [9.17, 15) is 10.2 Å². The van der Waals surface area contributed by atoms with Crippen LogP contribution in [0.25, 0.3) is 0 Å². The Kier molecular flexibility index (Phi) is 5.19. The van der Waals surface area contributed by atoms with E-state index in [0.29, 0.717) is 47.0 Å². The van der Waals surface area contributed by atoms with Crippen LogP contribution in [-0.4, -0.2) is 22.9 Å². The van der Waals surface area contributed by atoms with Gasteiger partial charge in [0.25, 0.3) is 0 Å². The molecule has 0 heterocycles. The SMILES string of the molecule is CC(C)[C@@H]1CC[C@H]2[C@@]1(CO)CC[C@@]1(C)[C@@H]3CC[C@@H]4C(C)(C)[C@@H](O)CC[C@]4(C)C3=CC[C@]21C. The third-order valence-corrected chi connectivity index (χ3v) is 13.2. The molecule has 0 bridgehead atoms. The van der Waals surface area contributed by atoms with Crippen molar-refractivity contribution in [3.8, 4) is 0 Å². The number of allylic oxidation sites excluding steroid dienone is 2. The van der Waals surface area contributed by atoms with Crippen molar-refractivity contribution in [3.05, 3.63) is 11.6 Å². The zero-order valence-electron chi connectivity index (χ0n) is 22.0. The summed E-state index contributed by atoms with van der Waals surface area (Å²) in [6.07, 6.45) is 13.5. The van der Waals surface area contributed by atoms with Crippen LogP contribution in [0.15, 0.2) is 11.6 Å². The molecule has 4 saturated carbocycles. The summed E-state index contributed by atoms with van der Waals surface area (Å²) in [7, 11) is 0. The lowest BCUT2D eigenvalue weighted by Crippen LogP contribution is -2.63. The highest BCUT2D eigenvalue weighted by atomic mass is 16.3. The van der Waals surface area contributed by atoms with Crippen molar-refractivity contribution in [2.75, 3.05) is 6.61 Å². The molecule has 2 nitrogen and oxygen atoms in total. The second-order valence-corrected chi connectivity index (χ2v) is 14.5. The van der Waals surface area contributed by atoms with Crippen LogP contribution >= 0.6 is 0 Å². The summed E-state index contributed by atoms with van der Waals surface area (Å²) in [5.74, 6) is 3.27. The molecular weight excluding hydrogens is 392 g/mol. The second-order valence-electron chi connectivity index (χ2n) is 14.5. The molecule has 0 unspecified atom stereocenters. The van der Waals surface area contributed by atoms with Gasteiger partial charge in [-0.15, -0.1) is 0 Å². The van der Waals surface area contributed by atoms with E-state index < -0.39 is 0 Å². The first-order valence-electron chi connectivity index (χ1n) is 13.9. The van der Waals surface area contributed by atoms with Crippen molar-refractivity contribution < 1.29 is 10.2 Å². The Morgan fingerprint density at radius 3 is 2.22 bits per heavy atom. The van der Waals surface area contributed by atoms with Gasteiger partial charge in [0, 0.05) is 6.61 Å². The third-order valence-electron chi connectivity index (χ3n) is 13.2. The number of hydrogen-bond acceptors (Lipinski definition) is 2. The van der Waals surface area contributed by atoms with Crippen LogP contribution in [0.5, 0.6) is 0 Å². The fourth-order valence-corrected chi connectivity index (χ4v) is 11.2. The summed E-state index contributed by atoms with van der Waals surface area (Å²) in [5.41, 5.74) is 2.79. The lowest BCUT2D eigenvalue weighted by atomic mass is 9.35. The van der Waals surface area contributed by atoms with Gasteiger partial charge in [-0.25, -0.2) is 0 Å². The van der Waals surface area contributed by atoms with Crippen LogP contribution in [0.4, 0.5) is 0 Å². The first-order valence-corrected chi connectivity index (χ1v) is 13.9. The monoisotopic (exact) mass is 442 g/mol. The van der Waals surface area contributed by atoms with E-state index >= 15 is 0 Å². The van der Waals surface area contributed by atoms with Gasteiger partial charge in [-0.05, 0) is 114 Å². The summed E-state index contributed by atoms with van der Waals surface area (Å²) in [5, 5.41) is 21.7. The number of rotatable bonds is 2.